The van der Waals surface area contributed by atoms with Gasteiger partial charge in [-0.2, -0.15) is 4.31 Å². The number of anilines is 2. The van der Waals surface area contributed by atoms with Crippen LogP contribution >= 0.6 is 11.6 Å². The maximum absolute atomic E-state index is 13.4. The molecule has 1 heterocycles. The fourth-order valence-electron chi connectivity index (χ4n) is 3.91. The maximum Gasteiger partial charge on any atom is 0.243 e. The molecule has 2 aromatic rings. The van der Waals surface area contributed by atoms with E-state index >= 15 is 0 Å². The highest BCUT2D eigenvalue weighted by Crippen LogP contribution is 2.29. The summed E-state index contributed by atoms with van der Waals surface area (Å²) in [6, 6.07) is 10.1. The Morgan fingerprint density at radius 1 is 1.11 bits per heavy atom. The molecule has 0 spiro atoms. The fourth-order valence-corrected chi connectivity index (χ4v) is 5.60. The lowest BCUT2D eigenvalue weighted by Gasteiger charge is -2.22. The molecule has 0 saturated carbocycles. The van der Waals surface area contributed by atoms with Crippen molar-refractivity contribution in [1.82, 2.24) is 4.31 Å². The fraction of sp³-hybridized carbons (Fsp3) is 0.440. The van der Waals surface area contributed by atoms with Gasteiger partial charge in [0.15, 0.2) is 0 Å². The average molecular weight is 524 g/mol. The number of benzene rings is 2. The van der Waals surface area contributed by atoms with E-state index in [1.165, 1.54) is 39.5 Å². The van der Waals surface area contributed by atoms with Crippen molar-refractivity contribution in [3.05, 3.63) is 53.3 Å². The number of rotatable bonds is 11. The molecule has 3 rings (SSSR count). The van der Waals surface area contributed by atoms with E-state index in [0.29, 0.717) is 24.5 Å². The van der Waals surface area contributed by atoms with E-state index in [1.807, 2.05) is 13.8 Å². The van der Waals surface area contributed by atoms with Gasteiger partial charge >= 0.3 is 0 Å². The minimum Gasteiger partial charge on any atom is -0.326 e. The Morgan fingerprint density at radius 3 is 2.31 bits per heavy atom. The topological polar surface area (TPSA) is 86.8 Å². The van der Waals surface area contributed by atoms with Gasteiger partial charge in [-0.1, -0.05) is 38.3 Å². The Bertz CT molecular complexity index is 1150. The van der Waals surface area contributed by atoms with Gasteiger partial charge in [0.25, 0.3) is 0 Å². The summed E-state index contributed by atoms with van der Waals surface area (Å²) in [6.07, 6.45) is 3.39. The van der Waals surface area contributed by atoms with Gasteiger partial charge in [-0.25, -0.2) is 12.8 Å². The van der Waals surface area contributed by atoms with Crippen molar-refractivity contribution in [2.75, 3.05) is 29.9 Å². The zero-order valence-corrected chi connectivity index (χ0v) is 21.5. The van der Waals surface area contributed by atoms with E-state index in [9.17, 15) is 22.4 Å². The number of sulfonamides is 1. The minimum absolute atomic E-state index is 0.0110. The predicted octanol–water partition coefficient (Wildman–Crippen LogP) is 5.06. The van der Waals surface area contributed by atoms with Gasteiger partial charge in [-0.3, -0.25) is 9.59 Å². The largest absolute Gasteiger partial charge is 0.326 e. The predicted molar refractivity (Wildman–Crippen MR) is 136 cm³/mol. The van der Waals surface area contributed by atoms with E-state index in [0.717, 1.165) is 25.7 Å². The number of hydrogen-bond acceptors (Lipinski definition) is 4. The normalized spacial score (nSPS) is 16.2. The van der Waals surface area contributed by atoms with Crippen LogP contribution in [0.25, 0.3) is 0 Å². The van der Waals surface area contributed by atoms with Gasteiger partial charge in [0.1, 0.15) is 5.82 Å². The first-order valence-electron chi connectivity index (χ1n) is 11.8. The molecule has 0 bridgehead atoms. The molecule has 2 amide bonds. The third-order valence-corrected chi connectivity index (χ3v) is 8.19. The first-order valence-corrected chi connectivity index (χ1v) is 13.7. The Kier molecular flexibility index (Phi) is 9.27. The van der Waals surface area contributed by atoms with Crippen molar-refractivity contribution >= 4 is 44.8 Å². The second kappa shape index (κ2) is 12.0. The minimum atomic E-state index is -3.63. The maximum atomic E-state index is 13.4. The molecule has 10 heteroatoms. The molecule has 1 aliphatic heterocycles. The lowest BCUT2D eigenvalue weighted by molar-refractivity contribution is -0.122. The first kappa shape index (κ1) is 27.1. The number of nitrogens with zero attached hydrogens (tertiary/aromatic N) is 2. The second-order valence-electron chi connectivity index (χ2n) is 8.63. The number of amides is 2. The third-order valence-electron chi connectivity index (χ3n) is 5.99. The summed E-state index contributed by atoms with van der Waals surface area (Å²) in [7, 11) is -3.63. The lowest BCUT2D eigenvalue weighted by atomic mass is 10.1. The van der Waals surface area contributed by atoms with Crippen LogP contribution in [0.15, 0.2) is 47.4 Å². The van der Waals surface area contributed by atoms with Gasteiger partial charge in [0.05, 0.1) is 15.8 Å². The Labute approximate surface area is 211 Å². The molecule has 0 aliphatic carbocycles. The highest BCUT2D eigenvalue weighted by molar-refractivity contribution is 7.89. The molecule has 1 aliphatic rings. The molecule has 1 fully saturated rings. The van der Waals surface area contributed by atoms with Gasteiger partial charge in [-0.15, -0.1) is 0 Å². The Morgan fingerprint density at radius 2 is 1.74 bits per heavy atom. The van der Waals surface area contributed by atoms with Crippen LogP contribution in [0.3, 0.4) is 0 Å². The molecule has 190 valence electrons. The summed E-state index contributed by atoms with van der Waals surface area (Å²) in [5, 5.41) is 2.66. The molecule has 2 aromatic carbocycles. The van der Waals surface area contributed by atoms with Crippen molar-refractivity contribution in [3.8, 4) is 0 Å². The van der Waals surface area contributed by atoms with Crippen molar-refractivity contribution in [3.63, 3.8) is 0 Å². The molecular weight excluding hydrogens is 493 g/mol. The quantitative estimate of drug-likeness (QED) is 0.446. The van der Waals surface area contributed by atoms with Crippen LogP contribution in [0, 0.1) is 11.7 Å². The van der Waals surface area contributed by atoms with Crippen LogP contribution < -0.4 is 10.2 Å². The molecule has 1 unspecified atom stereocenters. The van der Waals surface area contributed by atoms with E-state index in [1.54, 1.807) is 12.1 Å². The van der Waals surface area contributed by atoms with Crippen LogP contribution in [0.4, 0.5) is 15.8 Å². The number of halogens is 2. The van der Waals surface area contributed by atoms with E-state index < -0.39 is 21.8 Å². The van der Waals surface area contributed by atoms with Crippen molar-refractivity contribution in [2.24, 2.45) is 5.92 Å². The molecule has 0 aromatic heterocycles. The van der Waals surface area contributed by atoms with E-state index in [2.05, 4.69) is 5.32 Å². The zero-order chi connectivity index (χ0) is 25.6. The number of nitrogens with one attached hydrogen (secondary N) is 1. The van der Waals surface area contributed by atoms with Crippen LogP contribution in [-0.2, 0) is 19.6 Å². The lowest BCUT2D eigenvalue weighted by Crippen LogP contribution is -2.33. The van der Waals surface area contributed by atoms with Crippen molar-refractivity contribution < 1.29 is 22.4 Å². The van der Waals surface area contributed by atoms with Crippen LogP contribution in [0.5, 0.6) is 0 Å². The highest BCUT2D eigenvalue weighted by atomic mass is 35.5. The molecule has 1 N–H and O–H groups in total. The molecular formula is C25H31ClFN3O4S. The number of unbranched alkanes of at least 4 members (excludes halogenated alkanes) is 2. The molecule has 1 saturated heterocycles. The summed E-state index contributed by atoms with van der Waals surface area (Å²) in [4.78, 5) is 26.8. The highest BCUT2D eigenvalue weighted by Gasteiger charge is 2.35. The Balaban J connectivity index is 1.66. The molecule has 1 atom stereocenters. The average Bonchev–Trinajstić information content (AvgIpc) is 3.23. The van der Waals surface area contributed by atoms with Crippen LogP contribution in [0.2, 0.25) is 5.02 Å². The van der Waals surface area contributed by atoms with Crippen molar-refractivity contribution in [1.29, 1.82) is 0 Å². The summed E-state index contributed by atoms with van der Waals surface area (Å²) in [5.41, 5.74) is 0.875. The van der Waals surface area contributed by atoms with E-state index in [-0.39, 0.29) is 34.7 Å². The Hall–Kier alpha value is -2.49. The summed E-state index contributed by atoms with van der Waals surface area (Å²) in [6.45, 7) is 5.14. The summed E-state index contributed by atoms with van der Waals surface area (Å²) >= 11 is 5.82. The number of hydrogen-bond donors (Lipinski definition) is 1. The van der Waals surface area contributed by atoms with Gasteiger partial charge < -0.3 is 10.2 Å². The van der Waals surface area contributed by atoms with E-state index in [4.69, 9.17) is 11.6 Å². The number of carbonyl (C=O) groups excluding carboxylic acids is 2. The van der Waals surface area contributed by atoms with Crippen LogP contribution in [0.1, 0.15) is 46.0 Å². The zero-order valence-electron chi connectivity index (χ0n) is 20.0. The summed E-state index contributed by atoms with van der Waals surface area (Å²) < 4.78 is 41.2. The van der Waals surface area contributed by atoms with Crippen molar-refractivity contribution in [2.45, 2.75) is 50.8 Å². The van der Waals surface area contributed by atoms with Gasteiger partial charge in [0.2, 0.25) is 21.8 Å². The molecule has 7 nitrogen and oxygen atoms in total. The number of carbonyl (C=O) groups is 2. The molecule has 0 radical (unpaired) electrons. The standard InChI is InChI=1S/C25H31ClFN3O4S/c1-3-5-13-29(14-6-4-2)35(33,34)21-10-7-19(8-11-21)28-25(32)18-15-24(31)30(17-18)20-9-12-23(27)22(26)16-20/h7-12,16,18H,3-6,13-15,17H2,1-2H3,(H,28,32). The third kappa shape index (κ3) is 6.59. The smallest absolute Gasteiger partial charge is 0.243 e. The molecule has 35 heavy (non-hydrogen) atoms. The van der Waals surface area contributed by atoms with Gasteiger partial charge in [0, 0.05) is 37.4 Å². The SMILES string of the molecule is CCCCN(CCCC)S(=O)(=O)c1ccc(NC(=O)C2CC(=O)N(c3ccc(F)c(Cl)c3)C2)cc1. The second-order valence-corrected chi connectivity index (χ2v) is 11.0. The first-order chi connectivity index (χ1) is 16.7. The monoisotopic (exact) mass is 523 g/mol. The summed E-state index contributed by atoms with van der Waals surface area (Å²) in [5.74, 6) is -1.79. The van der Waals surface area contributed by atoms with Gasteiger partial charge in [-0.05, 0) is 55.3 Å². The van der Waals surface area contributed by atoms with Crippen LogP contribution in [-0.4, -0.2) is 44.2 Å².